The molecule has 1 N–H and O–H groups in total. The van der Waals surface area contributed by atoms with Crippen molar-refractivity contribution in [3.63, 3.8) is 0 Å². The van der Waals surface area contributed by atoms with Crippen LogP contribution in [0.5, 0.6) is 0 Å². The van der Waals surface area contributed by atoms with Crippen LogP contribution in [0, 0.1) is 5.82 Å². The van der Waals surface area contributed by atoms with E-state index in [1.165, 1.54) is 48.5 Å². The molecule has 2 amide bonds. The molecule has 3 aromatic rings. The zero-order chi connectivity index (χ0) is 32.2. The zero-order valence-corrected chi connectivity index (χ0v) is 25.5. The van der Waals surface area contributed by atoms with Crippen LogP contribution in [0.2, 0.25) is 5.02 Å². The summed E-state index contributed by atoms with van der Waals surface area (Å²) in [5.74, 6) is -1.95. The standard InChI is InChI=1S/C30H32ClF4N3O4S/c1-5-25(28(40)36-29(2,3)4)37(18-20-11-14-22(32)15-12-20)27(39)19-38(43(41,42)23-9-7-6-8-10-23)26-17-21(30(33,34)35)13-16-24(26)31/h6-17,25H,5,18-19H2,1-4H3,(H,36,40)/t25-/m1/s1. The van der Waals surface area contributed by atoms with Crippen LogP contribution in [0.4, 0.5) is 23.2 Å². The summed E-state index contributed by atoms with van der Waals surface area (Å²) < 4.78 is 82.8. The van der Waals surface area contributed by atoms with E-state index in [0.717, 1.165) is 11.0 Å². The number of halogens is 5. The summed E-state index contributed by atoms with van der Waals surface area (Å²) in [6.07, 6.45) is -4.72. The Morgan fingerprint density at radius 3 is 2.09 bits per heavy atom. The summed E-state index contributed by atoms with van der Waals surface area (Å²) in [6, 6.07) is 13.1. The van der Waals surface area contributed by atoms with Gasteiger partial charge < -0.3 is 10.2 Å². The molecule has 0 spiro atoms. The SMILES string of the molecule is CC[C@H](C(=O)NC(C)(C)C)N(Cc1ccc(F)cc1)C(=O)CN(c1cc(C(F)(F)F)ccc1Cl)S(=O)(=O)c1ccccc1. The van der Waals surface area contributed by atoms with Gasteiger partial charge in [-0.3, -0.25) is 13.9 Å². The number of sulfonamides is 1. The minimum absolute atomic E-state index is 0.116. The monoisotopic (exact) mass is 641 g/mol. The molecule has 0 saturated carbocycles. The van der Waals surface area contributed by atoms with Crippen LogP contribution in [0.15, 0.2) is 77.7 Å². The van der Waals surface area contributed by atoms with Gasteiger partial charge in [-0.15, -0.1) is 0 Å². The molecule has 7 nitrogen and oxygen atoms in total. The third-order valence-corrected chi connectivity index (χ3v) is 8.40. The summed E-state index contributed by atoms with van der Waals surface area (Å²) >= 11 is 6.26. The van der Waals surface area contributed by atoms with Crippen LogP contribution >= 0.6 is 11.6 Å². The molecule has 0 aromatic heterocycles. The molecule has 0 aliphatic carbocycles. The first-order valence-electron chi connectivity index (χ1n) is 13.2. The van der Waals surface area contributed by atoms with Crippen LogP contribution in [0.3, 0.4) is 0 Å². The van der Waals surface area contributed by atoms with Crippen LogP contribution < -0.4 is 9.62 Å². The normalized spacial score (nSPS) is 12.9. The van der Waals surface area contributed by atoms with E-state index in [-0.39, 0.29) is 22.9 Å². The van der Waals surface area contributed by atoms with Gasteiger partial charge in [0, 0.05) is 12.1 Å². The van der Waals surface area contributed by atoms with Crippen LogP contribution in [-0.4, -0.2) is 43.3 Å². The molecule has 0 bridgehead atoms. The van der Waals surface area contributed by atoms with Crippen molar-refractivity contribution in [2.45, 2.75) is 63.3 Å². The van der Waals surface area contributed by atoms with E-state index in [4.69, 9.17) is 11.6 Å². The predicted molar refractivity (Wildman–Crippen MR) is 156 cm³/mol. The number of carbonyl (C=O) groups excluding carboxylic acids is 2. The lowest BCUT2D eigenvalue weighted by Gasteiger charge is -2.35. The number of carbonyl (C=O) groups is 2. The number of hydrogen-bond donors (Lipinski definition) is 1. The highest BCUT2D eigenvalue weighted by Gasteiger charge is 2.37. The third-order valence-electron chi connectivity index (χ3n) is 6.30. The van der Waals surface area contributed by atoms with E-state index in [9.17, 15) is 35.6 Å². The average Bonchev–Trinajstić information content (AvgIpc) is 2.92. The Bertz CT molecular complexity index is 1540. The van der Waals surface area contributed by atoms with Crippen molar-refractivity contribution in [2.24, 2.45) is 0 Å². The third kappa shape index (κ3) is 8.70. The van der Waals surface area contributed by atoms with Gasteiger partial charge in [0.1, 0.15) is 18.4 Å². The molecule has 0 radical (unpaired) electrons. The fraction of sp³-hybridized carbons (Fsp3) is 0.333. The van der Waals surface area contributed by atoms with Crippen molar-refractivity contribution in [3.8, 4) is 0 Å². The fourth-order valence-corrected chi connectivity index (χ4v) is 5.99. The number of hydrogen-bond acceptors (Lipinski definition) is 4. The molecule has 3 aromatic carbocycles. The molecule has 0 heterocycles. The van der Waals surface area contributed by atoms with Crippen LogP contribution in [-0.2, 0) is 32.3 Å². The van der Waals surface area contributed by atoms with E-state index in [1.807, 2.05) is 0 Å². The maximum atomic E-state index is 14.0. The maximum absolute atomic E-state index is 14.0. The highest BCUT2D eigenvalue weighted by atomic mass is 35.5. The lowest BCUT2D eigenvalue weighted by Crippen LogP contribution is -2.55. The molecule has 1 atom stereocenters. The van der Waals surface area contributed by atoms with Gasteiger partial charge in [-0.05, 0) is 75.2 Å². The molecular formula is C30H32ClF4N3O4S. The van der Waals surface area contributed by atoms with E-state index < -0.39 is 63.2 Å². The van der Waals surface area contributed by atoms with Gasteiger partial charge in [0.15, 0.2) is 0 Å². The second-order valence-electron chi connectivity index (χ2n) is 10.8. The van der Waals surface area contributed by atoms with Gasteiger partial charge in [0.05, 0.1) is 21.2 Å². The van der Waals surface area contributed by atoms with Gasteiger partial charge >= 0.3 is 6.18 Å². The molecule has 3 rings (SSSR count). The van der Waals surface area contributed by atoms with Gasteiger partial charge in [0.2, 0.25) is 11.8 Å². The molecule has 43 heavy (non-hydrogen) atoms. The number of nitrogens with zero attached hydrogens (tertiary/aromatic N) is 2. The molecule has 232 valence electrons. The number of nitrogens with one attached hydrogen (secondary N) is 1. The van der Waals surface area contributed by atoms with Gasteiger partial charge in [-0.1, -0.05) is 48.9 Å². The maximum Gasteiger partial charge on any atom is 0.416 e. The van der Waals surface area contributed by atoms with Crippen LogP contribution in [0.25, 0.3) is 0 Å². The highest BCUT2D eigenvalue weighted by molar-refractivity contribution is 7.92. The number of rotatable bonds is 10. The first-order valence-corrected chi connectivity index (χ1v) is 15.1. The van der Waals surface area contributed by atoms with E-state index >= 15 is 0 Å². The van der Waals surface area contributed by atoms with Gasteiger partial charge in [-0.25, -0.2) is 12.8 Å². The average molecular weight is 642 g/mol. The van der Waals surface area contributed by atoms with E-state index in [0.29, 0.717) is 22.0 Å². The Morgan fingerprint density at radius 1 is 0.953 bits per heavy atom. The molecule has 13 heteroatoms. The molecule has 0 aliphatic rings. The zero-order valence-electron chi connectivity index (χ0n) is 24.0. The summed E-state index contributed by atoms with van der Waals surface area (Å²) in [4.78, 5) is 28.2. The molecule has 0 fully saturated rings. The first-order chi connectivity index (χ1) is 19.9. The minimum atomic E-state index is -4.83. The van der Waals surface area contributed by atoms with Crippen molar-refractivity contribution < 1.29 is 35.6 Å². The Balaban J connectivity index is 2.16. The minimum Gasteiger partial charge on any atom is -0.350 e. The molecular weight excluding hydrogens is 610 g/mol. The molecule has 0 aliphatic heterocycles. The van der Waals surface area contributed by atoms with Gasteiger partial charge in [-0.2, -0.15) is 13.2 Å². The first kappa shape index (κ1) is 33.9. The molecule has 0 saturated heterocycles. The quantitative estimate of drug-likeness (QED) is 0.259. The Hall–Kier alpha value is -3.64. The van der Waals surface area contributed by atoms with E-state index in [2.05, 4.69) is 5.32 Å². The summed E-state index contributed by atoms with van der Waals surface area (Å²) in [5.41, 5.74) is -1.98. The predicted octanol–water partition coefficient (Wildman–Crippen LogP) is 6.42. The van der Waals surface area contributed by atoms with Crippen molar-refractivity contribution in [1.29, 1.82) is 0 Å². The number of benzene rings is 3. The number of anilines is 1. The number of alkyl halides is 3. The second-order valence-corrected chi connectivity index (χ2v) is 13.1. The summed E-state index contributed by atoms with van der Waals surface area (Å²) in [5, 5.41) is 2.46. The summed E-state index contributed by atoms with van der Waals surface area (Å²) in [7, 11) is -4.64. The smallest absolute Gasteiger partial charge is 0.350 e. The summed E-state index contributed by atoms with van der Waals surface area (Å²) in [6.45, 7) is 5.68. The largest absolute Gasteiger partial charge is 0.416 e. The van der Waals surface area contributed by atoms with Crippen molar-refractivity contribution in [1.82, 2.24) is 10.2 Å². The van der Waals surface area contributed by atoms with Crippen molar-refractivity contribution >= 4 is 39.1 Å². The Kier molecular flexibility index (Phi) is 10.5. The van der Waals surface area contributed by atoms with Crippen molar-refractivity contribution in [2.75, 3.05) is 10.8 Å². The van der Waals surface area contributed by atoms with Crippen molar-refractivity contribution in [3.05, 3.63) is 94.8 Å². The lowest BCUT2D eigenvalue weighted by atomic mass is 10.1. The molecule has 0 unspecified atom stereocenters. The van der Waals surface area contributed by atoms with E-state index in [1.54, 1.807) is 33.8 Å². The van der Waals surface area contributed by atoms with Gasteiger partial charge in [0.25, 0.3) is 10.0 Å². The lowest BCUT2D eigenvalue weighted by molar-refractivity contribution is -0.141. The highest BCUT2D eigenvalue weighted by Crippen LogP contribution is 2.37. The Labute approximate surface area is 253 Å². The second kappa shape index (κ2) is 13.3. The fourth-order valence-electron chi connectivity index (χ4n) is 4.27. The number of amides is 2. The topological polar surface area (TPSA) is 86.8 Å². The van der Waals surface area contributed by atoms with Crippen LogP contribution in [0.1, 0.15) is 45.2 Å². The Morgan fingerprint density at radius 2 is 1.56 bits per heavy atom.